The Morgan fingerprint density at radius 3 is 2.70 bits per heavy atom. The Morgan fingerprint density at radius 2 is 2.05 bits per heavy atom. The lowest BCUT2D eigenvalue weighted by molar-refractivity contribution is -0.114. The van der Waals surface area contributed by atoms with Gasteiger partial charge in [-0.1, -0.05) is 11.2 Å². The van der Waals surface area contributed by atoms with Crippen LogP contribution in [0, 0.1) is 0 Å². The molecule has 20 heavy (non-hydrogen) atoms. The molecule has 1 heterocycles. The van der Waals surface area contributed by atoms with Gasteiger partial charge in [0.1, 0.15) is 0 Å². The molecular formula is C13H13N3O4. The molecule has 0 unspecified atom stereocenters. The van der Waals surface area contributed by atoms with Gasteiger partial charge in [0.15, 0.2) is 11.5 Å². The van der Waals surface area contributed by atoms with E-state index in [1.807, 2.05) is 6.07 Å². The number of carbonyl (C=O) groups is 2. The van der Waals surface area contributed by atoms with Crippen LogP contribution in [-0.4, -0.2) is 22.1 Å². The highest BCUT2D eigenvalue weighted by Gasteiger charge is 2.10. The summed E-state index contributed by atoms with van der Waals surface area (Å²) in [6.45, 7) is 1.73. The first-order chi connectivity index (χ1) is 9.54. The zero-order chi connectivity index (χ0) is 14.5. The second kappa shape index (κ2) is 5.87. The number of benzene rings is 1. The number of amides is 1. The average molecular weight is 275 g/mol. The zero-order valence-corrected chi connectivity index (χ0v) is 10.7. The minimum atomic E-state index is -1.13. The Hall–Kier alpha value is -2.83. The third-order valence-corrected chi connectivity index (χ3v) is 2.43. The Morgan fingerprint density at radius 1 is 1.30 bits per heavy atom. The second-order valence-electron chi connectivity index (χ2n) is 4.10. The van der Waals surface area contributed by atoms with E-state index >= 15 is 0 Å². The summed E-state index contributed by atoms with van der Waals surface area (Å²) in [5, 5.41) is 17.9. The fourth-order valence-corrected chi connectivity index (χ4v) is 1.60. The van der Waals surface area contributed by atoms with E-state index in [0.29, 0.717) is 18.0 Å². The maximum absolute atomic E-state index is 11.0. The van der Waals surface area contributed by atoms with Crippen molar-refractivity contribution in [2.24, 2.45) is 0 Å². The molecule has 7 nitrogen and oxygen atoms in total. The number of anilines is 2. The summed E-state index contributed by atoms with van der Waals surface area (Å²) in [5.41, 5.74) is 1.31. The van der Waals surface area contributed by atoms with Crippen molar-refractivity contribution in [3.63, 3.8) is 0 Å². The van der Waals surface area contributed by atoms with Gasteiger partial charge in [0.25, 0.3) is 0 Å². The van der Waals surface area contributed by atoms with Gasteiger partial charge in [-0.15, -0.1) is 0 Å². The fraction of sp³-hybridized carbons (Fsp3) is 0.154. The average Bonchev–Trinajstić information content (AvgIpc) is 2.85. The molecule has 0 aliphatic rings. The molecule has 104 valence electrons. The summed E-state index contributed by atoms with van der Waals surface area (Å²) in [5.74, 6) is -0.872. The highest BCUT2D eigenvalue weighted by molar-refractivity contribution is 5.89. The van der Waals surface area contributed by atoms with E-state index in [-0.39, 0.29) is 11.6 Å². The number of carboxylic acid groups (broad SMARTS) is 1. The second-order valence-corrected chi connectivity index (χ2v) is 4.10. The molecule has 0 atom stereocenters. The summed E-state index contributed by atoms with van der Waals surface area (Å²) in [7, 11) is 0. The number of hydrogen-bond donors (Lipinski definition) is 3. The number of aromatic nitrogens is 1. The van der Waals surface area contributed by atoms with E-state index in [4.69, 9.17) is 9.63 Å². The van der Waals surface area contributed by atoms with Gasteiger partial charge in [-0.3, -0.25) is 4.79 Å². The van der Waals surface area contributed by atoms with Crippen molar-refractivity contribution in [2.75, 3.05) is 10.6 Å². The van der Waals surface area contributed by atoms with Crippen LogP contribution in [0.5, 0.6) is 0 Å². The molecule has 0 radical (unpaired) electrons. The van der Waals surface area contributed by atoms with Crippen molar-refractivity contribution in [3.05, 3.63) is 41.8 Å². The highest BCUT2D eigenvalue weighted by atomic mass is 16.5. The molecular weight excluding hydrogens is 262 g/mol. The molecule has 1 aromatic heterocycles. The molecule has 2 rings (SSSR count). The number of aromatic carboxylic acids is 1. The van der Waals surface area contributed by atoms with Crippen molar-refractivity contribution in [2.45, 2.75) is 13.5 Å². The normalized spacial score (nSPS) is 10.1. The number of nitrogens with zero attached hydrogens (tertiary/aromatic N) is 1. The molecule has 3 N–H and O–H groups in total. The maximum atomic E-state index is 11.0. The van der Waals surface area contributed by atoms with E-state index < -0.39 is 5.97 Å². The summed E-state index contributed by atoms with van der Waals surface area (Å²) >= 11 is 0. The van der Waals surface area contributed by atoms with Crippen molar-refractivity contribution < 1.29 is 19.2 Å². The quantitative estimate of drug-likeness (QED) is 0.770. The first kappa shape index (κ1) is 13.6. The number of carbonyl (C=O) groups excluding carboxylic acids is 1. The minimum absolute atomic E-state index is 0.131. The third kappa shape index (κ3) is 3.58. The Labute approximate surface area is 114 Å². The van der Waals surface area contributed by atoms with Crippen LogP contribution in [0.2, 0.25) is 0 Å². The number of rotatable bonds is 5. The van der Waals surface area contributed by atoms with Crippen LogP contribution in [0.15, 0.2) is 34.9 Å². The van der Waals surface area contributed by atoms with Gasteiger partial charge in [0.05, 0.1) is 6.54 Å². The van der Waals surface area contributed by atoms with E-state index in [9.17, 15) is 9.59 Å². The number of carboxylic acids is 1. The smallest absolute Gasteiger partial charge is 0.358 e. The van der Waals surface area contributed by atoms with Crippen LogP contribution in [0.3, 0.4) is 0 Å². The van der Waals surface area contributed by atoms with Crippen LogP contribution in [0.25, 0.3) is 0 Å². The van der Waals surface area contributed by atoms with Crippen LogP contribution < -0.4 is 10.6 Å². The Kier molecular flexibility index (Phi) is 3.99. The van der Waals surface area contributed by atoms with Gasteiger partial charge < -0.3 is 20.3 Å². The molecule has 0 saturated carbocycles. The van der Waals surface area contributed by atoms with Crippen molar-refractivity contribution >= 4 is 23.3 Å². The lowest BCUT2D eigenvalue weighted by Gasteiger charge is -2.07. The van der Waals surface area contributed by atoms with Crippen LogP contribution in [0.4, 0.5) is 11.4 Å². The van der Waals surface area contributed by atoms with E-state index in [2.05, 4.69) is 15.8 Å². The van der Waals surface area contributed by atoms with Crippen LogP contribution in [-0.2, 0) is 11.3 Å². The van der Waals surface area contributed by atoms with E-state index in [1.165, 1.54) is 13.0 Å². The molecule has 7 heteroatoms. The number of hydrogen-bond acceptors (Lipinski definition) is 5. The first-order valence-electron chi connectivity index (χ1n) is 5.85. The molecule has 0 aliphatic carbocycles. The van der Waals surface area contributed by atoms with Gasteiger partial charge >= 0.3 is 5.97 Å². The van der Waals surface area contributed by atoms with Crippen molar-refractivity contribution in [3.8, 4) is 0 Å². The molecule has 0 aliphatic heterocycles. The largest absolute Gasteiger partial charge is 0.476 e. The standard InChI is InChI=1S/C13H13N3O4/c1-8(17)15-10-4-2-3-9(5-10)14-7-11-6-12(13(18)19)16-20-11/h2-6,14H,7H2,1H3,(H,15,17)(H,18,19). The maximum Gasteiger partial charge on any atom is 0.358 e. The lowest BCUT2D eigenvalue weighted by atomic mass is 10.2. The van der Waals surface area contributed by atoms with Gasteiger partial charge in [0.2, 0.25) is 5.91 Å². The molecule has 1 aromatic carbocycles. The molecule has 0 bridgehead atoms. The minimum Gasteiger partial charge on any atom is -0.476 e. The monoisotopic (exact) mass is 275 g/mol. The predicted octanol–water partition coefficient (Wildman–Crippen LogP) is 1.94. The third-order valence-electron chi connectivity index (χ3n) is 2.43. The first-order valence-corrected chi connectivity index (χ1v) is 5.85. The highest BCUT2D eigenvalue weighted by Crippen LogP contribution is 2.16. The van der Waals surface area contributed by atoms with Gasteiger partial charge in [-0.2, -0.15) is 0 Å². The van der Waals surface area contributed by atoms with Gasteiger partial charge in [-0.25, -0.2) is 4.79 Å². The Bertz CT molecular complexity index is 636. The van der Waals surface area contributed by atoms with Crippen molar-refractivity contribution in [1.82, 2.24) is 5.16 Å². The van der Waals surface area contributed by atoms with Crippen LogP contribution >= 0.6 is 0 Å². The number of nitrogens with one attached hydrogen (secondary N) is 2. The fourth-order valence-electron chi connectivity index (χ4n) is 1.60. The van der Waals surface area contributed by atoms with Crippen molar-refractivity contribution in [1.29, 1.82) is 0 Å². The topological polar surface area (TPSA) is 104 Å². The van der Waals surface area contributed by atoms with Gasteiger partial charge in [-0.05, 0) is 18.2 Å². The summed E-state index contributed by atoms with van der Waals surface area (Å²) in [4.78, 5) is 21.6. The summed E-state index contributed by atoms with van der Waals surface area (Å²) in [6.07, 6.45) is 0. The zero-order valence-electron chi connectivity index (χ0n) is 10.7. The summed E-state index contributed by atoms with van der Waals surface area (Å²) in [6, 6.07) is 8.49. The predicted molar refractivity (Wildman–Crippen MR) is 71.5 cm³/mol. The molecule has 1 amide bonds. The Balaban J connectivity index is 1.99. The molecule has 2 aromatic rings. The molecule has 0 fully saturated rings. The SMILES string of the molecule is CC(=O)Nc1cccc(NCc2cc(C(=O)O)no2)c1. The molecule has 0 spiro atoms. The van der Waals surface area contributed by atoms with E-state index in [0.717, 1.165) is 5.69 Å². The van der Waals surface area contributed by atoms with E-state index in [1.54, 1.807) is 18.2 Å². The van der Waals surface area contributed by atoms with Gasteiger partial charge in [0, 0.05) is 24.4 Å². The summed E-state index contributed by atoms with van der Waals surface area (Å²) < 4.78 is 4.88. The molecule has 0 saturated heterocycles. The van der Waals surface area contributed by atoms with Crippen LogP contribution in [0.1, 0.15) is 23.2 Å². The lowest BCUT2D eigenvalue weighted by Crippen LogP contribution is -2.06.